The number of aromatic nitrogens is 4. The third kappa shape index (κ3) is 1.88. The fourth-order valence-corrected chi connectivity index (χ4v) is 2.49. The fourth-order valence-electron chi connectivity index (χ4n) is 2.49. The molecule has 3 rings (SSSR count). The molecule has 1 unspecified atom stereocenters. The Morgan fingerprint density at radius 1 is 1.22 bits per heavy atom. The number of likely N-dealkylation sites (tertiary alicyclic amines) is 1. The first-order valence-electron chi connectivity index (χ1n) is 6.22. The summed E-state index contributed by atoms with van der Waals surface area (Å²) in [5.74, 6) is 0. The van der Waals surface area contributed by atoms with E-state index in [1.54, 1.807) is 12.5 Å². The van der Waals surface area contributed by atoms with Crippen LogP contribution in [0.5, 0.6) is 0 Å². The molecule has 0 saturated carbocycles. The summed E-state index contributed by atoms with van der Waals surface area (Å²) in [6.45, 7) is 1.91. The quantitative estimate of drug-likeness (QED) is 0.755. The minimum Gasteiger partial charge on any atom is -0.299 e. The Balaban J connectivity index is 1.97. The van der Waals surface area contributed by atoms with Crippen molar-refractivity contribution in [1.29, 1.82) is 0 Å². The summed E-state index contributed by atoms with van der Waals surface area (Å²) < 4.78 is 1.83. The number of hydrogen-bond acceptors (Lipinski definition) is 5. The van der Waals surface area contributed by atoms with Gasteiger partial charge in [-0.3, -0.25) is 14.3 Å². The zero-order valence-electron chi connectivity index (χ0n) is 10.1. The number of carbonyl (C=O) groups excluding carboxylic acids is 1. The van der Waals surface area contributed by atoms with Gasteiger partial charge in [-0.2, -0.15) is 0 Å². The normalized spacial score (nSPS) is 18.9. The molecule has 0 aliphatic carbocycles. The van der Waals surface area contributed by atoms with Crippen LogP contribution in [0, 0.1) is 0 Å². The molecule has 0 amide bonds. The lowest BCUT2D eigenvalue weighted by Gasteiger charge is -2.31. The molecule has 94 valence electrons. The molecule has 2 aromatic heterocycles. The van der Waals surface area contributed by atoms with Gasteiger partial charge in [-0.1, -0.05) is 6.42 Å². The largest absolute Gasteiger partial charge is 0.299 e. The van der Waals surface area contributed by atoms with Gasteiger partial charge >= 0.3 is 0 Å². The molecule has 0 spiro atoms. The van der Waals surface area contributed by atoms with E-state index < -0.39 is 0 Å². The Labute approximate surface area is 105 Å². The van der Waals surface area contributed by atoms with Crippen molar-refractivity contribution in [3.63, 3.8) is 0 Å². The van der Waals surface area contributed by atoms with E-state index >= 15 is 0 Å². The zero-order valence-corrected chi connectivity index (χ0v) is 10.1. The SMILES string of the molecule is O=CC(N1CCCCC1)n1cnc2cncnc21. The minimum absolute atomic E-state index is 0.301. The van der Waals surface area contributed by atoms with E-state index in [0.717, 1.165) is 37.7 Å². The number of fused-ring (bicyclic) bond motifs is 1. The first-order valence-corrected chi connectivity index (χ1v) is 6.22. The lowest BCUT2D eigenvalue weighted by Crippen LogP contribution is -2.37. The van der Waals surface area contributed by atoms with Crippen molar-refractivity contribution in [1.82, 2.24) is 24.4 Å². The van der Waals surface area contributed by atoms with Crippen molar-refractivity contribution in [2.45, 2.75) is 25.4 Å². The molecular formula is C12H15N5O. The summed E-state index contributed by atoms with van der Waals surface area (Å²) in [7, 11) is 0. The van der Waals surface area contributed by atoms with E-state index in [0.29, 0.717) is 5.65 Å². The van der Waals surface area contributed by atoms with Gasteiger partial charge in [0.05, 0.1) is 12.5 Å². The number of imidazole rings is 1. The number of carbonyl (C=O) groups is 1. The third-order valence-electron chi connectivity index (χ3n) is 3.41. The van der Waals surface area contributed by atoms with Crippen molar-refractivity contribution in [2.75, 3.05) is 13.1 Å². The van der Waals surface area contributed by atoms with E-state index in [1.165, 1.54) is 12.7 Å². The number of rotatable bonds is 3. The van der Waals surface area contributed by atoms with Crippen LogP contribution in [-0.4, -0.2) is 43.8 Å². The Hall–Kier alpha value is -1.82. The highest BCUT2D eigenvalue weighted by molar-refractivity contribution is 5.71. The highest BCUT2D eigenvalue weighted by atomic mass is 16.1. The summed E-state index contributed by atoms with van der Waals surface area (Å²) in [5.41, 5.74) is 1.44. The highest BCUT2D eigenvalue weighted by Gasteiger charge is 2.23. The van der Waals surface area contributed by atoms with Gasteiger partial charge in [-0.15, -0.1) is 0 Å². The van der Waals surface area contributed by atoms with Crippen molar-refractivity contribution in [3.8, 4) is 0 Å². The standard InChI is InChI=1S/C12H15N5O/c18-7-11(16-4-2-1-3-5-16)17-9-15-10-6-13-8-14-12(10)17/h6-9,11H,1-5H2. The molecule has 1 atom stereocenters. The summed E-state index contributed by atoms with van der Waals surface area (Å²) in [4.78, 5) is 26.0. The van der Waals surface area contributed by atoms with Crippen molar-refractivity contribution < 1.29 is 4.79 Å². The Kier molecular flexibility index (Phi) is 3.02. The van der Waals surface area contributed by atoms with Gasteiger partial charge in [-0.25, -0.2) is 15.0 Å². The van der Waals surface area contributed by atoms with Gasteiger partial charge in [0.15, 0.2) is 11.9 Å². The molecular weight excluding hydrogens is 230 g/mol. The molecule has 6 nitrogen and oxygen atoms in total. The maximum Gasteiger partial charge on any atom is 0.164 e. The molecule has 0 radical (unpaired) electrons. The molecule has 0 aromatic carbocycles. The first kappa shape index (κ1) is 11.3. The number of piperidine rings is 1. The monoisotopic (exact) mass is 245 g/mol. The second-order valence-corrected chi connectivity index (χ2v) is 4.53. The molecule has 1 aliphatic rings. The second kappa shape index (κ2) is 4.81. The van der Waals surface area contributed by atoms with Gasteiger partial charge in [0.1, 0.15) is 18.0 Å². The molecule has 3 heterocycles. The highest BCUT2D eigenvalue weighted by Crippen LogP contribution is 2.20. The predicted octanol–water partition coefficient (Wildman–Crippen LogP) is 1.01. The van der Waals surface area contributed by atoms with Crippen LogP contribution in [0.4, 0.5) is 0 Å². The average Bonchev–Trinajstić information content (AvgIpc) is 2.85. The van der Waals surface area contributed by atoms with Crippen LogP contribution in [0.1, 0.15) is 25.4 Å². The number of hydrogen-bond donors (Lipinski definition) is 0. The molecule has 1 fully saturated rings. The van der Waals surface area contributed by atoms with Crippen LogP contribution in [-0.2, 0) is 4.79 Å². The van der Waals surface area contributed by atoms with E-state index in [1.807, 2.05) is 4.57 Å². The summed E-state index contributed by atoms with van der Waals surface area (Å²) in [5, 5.41) is 0. The maximum atomic E-state index is 11.4. The van der Waals surface area contributed by atoms with Gasteiger partial charge in [0.2, 0.25) is 0 Å². The topological polar surface area (TPSA) is 63.9 Å². The summed E-state index contributed by atoms with van der Waals surface area (Å²) in [6.07, 6.45) is 9.02. The van der Waals surface area contributed by atoms with Crippen LogP contribution in [0.3, 0.4) is 0 Å². The zero-order chi connectivity index (χ0) is 12.4. The van der Waals surface area contributed by atoms with Crippen LogP contribution >= 0.6 is 0 Å². The second-order valence-electron chi connectivity index (χ2n) is 4.53. The molecule has 0 bridgehead atoms. The van der Waals surface area contributed by atoms with Gasteiger partial charge in [0.25, 0.3) is 0 Å². The van der Waals surface area contributed by atoms with Gasteiger partial charge in [0, 0.05) is 13.1 Å². The van der Waals surface area contributed by atoms with Gasteiger partial charge < -0.3 is 0 Å². The lowest BCUT2D eigenvalue weighted by molar-refractivity contribution is -0.115. The van der Waals surface area contributed by atoms with E-state index in [4.69, 9.17) is 0 Å². The van der Waals surface area contributed by atoms with Crippen LogP contribution < -0.4 is 0 Å². The smallest absolute Gasteiger partial charge is 0.164 e. The molecule has 1 aliphatic heterocycles. The Bertz CT molecular complexity index is 546. The predicted molar refractivity (Wildman–Crippen MR) is 65.8 cm³/mol. The van der Waals surface area contributed by atoms with E-state index in [-0.39, 0.29) is 6.17 Å². The Morgan fingerprint density at radius 3 is 2.83 bits per heavy atom. The number of nitrogens with zero attached hydrogens (tertiary/aromatic N) is 5. The lowest BCUT2D eigenvalue weighted by atomic mass is 10.1. The summed E-state index contributed by atoms with van der Waals surface area (Å²) in [6, 6.07) is 0. The summed E-state index contributed by atoms with van der Waals surface area (Å²) >= 11 is 0. The Morgan fingerprint density at radius 2 is 2.06 bits per heavy atom. The van der Waals surface area contributed by atoms with Crippen molar-refractivity contribution in [2.24, 2.45) is 0 Å². The average molecular weight is 245 g/mol. The van der Waals surface area contributed by atoms with Crippen LogP contribution in [0.15, 0.2) is 18.9 Å². The van der Waals surface area contributed by atoms with Crippen LogP contribution in [0.25, 0.3) is 11.2 Å². The van der Waals surface area contributed by atoms with Crippen molar-refractivity contribution in [3.05, 3.63) is 18.9 Å². The molecule has 1 saturated heterocycles. The minimum atomic E-state index is -0.301. The first-order chi connectivity index (χ1) is 8.90. The van der Waals surface area contributed by atoms with Gasteiger partial charge in [-0.05, 0) is 12.8 Å². The molecule has 6 heteroatoms. The number of aldehydes is 1. The van der Waals surface area contributed by atoms with Crippen molar-refractivity contribution >= 4 is 17.5 Å². The van der Waals surface area contributed by atoms with E-state index in [9.17, 15) is 4.79 Å². The molecule has 2 aromatic rings. The van der Waals surface area contributed by atoms with Crippen LogP contribution in [0.2, 0.25) is 0 Å². The molecule has 18 heavy (non-hydrogen) atoms. The third-order valence-corrected chi connectivity index (χ3v) is 3.41. The van der Waals surface area contributed by atoms with E-state index in [2.05, 4.69) is 19.9 Å². The fraction of sp³-hybridized carbons (Fsp3) is 0.500. The molecule has 0 N–H and O–H groups in total. The maximum absolute atomic E-state index is 11.4.